The van der Waals surface area contributed by atoms with E-state index >= 15 is 0 Å². The third kappa shape index (κ3) is 4.17. The Hall–Kier alpha value is -5.98. The maximum Gasteiger partial charge on any atom is 0.0165 e. The summed E-state index contributed by atoms with van der Waals surface area (Å²) in [6.07, 6.45) is 0. The lowest BCUT2D eigenvalue weighted by Crippen LogP contribution is -2.15. The fraction of sp³-hybridized carbons (Fsp3) is 0.0612. The zero-order valence-electron chi connectivity index (χ0n) is 27.7. The van der Waals surface area contributed by atoms with E-state index in [0.717, 1.165) is 0 Å². The van der Waals surface area contributed by atoms with Crippen molar-refractivity contribution in [3.63, 3.8) is 0 Å². The first-order chi connectivity index (χ1) is 24.1. The molecule has 10 rings (SSSR count). The fourth-order valence-electron chi connectivity index (χ4n) is 8.73. The van der Waals surface area contributed by atoms with Crippen LogP contribution in [-0.4, -0.2) is 0 Å². The van der Waals surface area contributed by atoms with Crippen molar-refractivity contribution in [1.82, 2.24) is 0 Å². The average Bonchev–Trinajstić information content (AvgIpc) is 3.40. The van der Waals surface area contributed by atoms with E-state index in [2.05, 4.69) is 184 Å². The molecule has 0 radical (unpaired) electrons. The summed E-state index contributed by atoms with van der Waals surface area (Å²) in [5.41, 5.74) is 13.0. The Morgan fingerprint density at radius 2 is 0.959 bits per heavy atom. The molecular weight excluding hydrogens is 589 g/mol. The van der Waals surface area contributed by atoms with Gasteiger partial charge in [-0.25, -0.2) is 0 Å². The lowest BCUT2D eigenvalue weighted by atomic mass is 9.80. The van der Waals surface area contributed by atoms with Crippen LogP contribution >= 0.6 is 0 Å². The second kappa shape index (κ2) is 10.5. The molecular formula is C49H34. The summed E-state index contributed by atoms with van der Waals surface area (Å²) >= 11 is 0. The normalized spacial score (nSPS) is 13.3. The first kappa shape index (κ1) is 28.1. The SMILES string of the molecule is CC1(C)c2ccccc2-c2ccc3cc(-c4cccc(-c5ccccc5-c5c6ccccc6cc6c5ccc5ccccc56)c4)ccc3c21. The average molecular weight is 623 g/mol. The summed E-state index contributed by atoms with van der Waals surface area (Å²) in [4.78, 5) is 0. The summed E-state index contributed by atoms with van der Waals surface area (Å²) in [7, 11) is 0. The minimum absolute atomic E-state index is 0.0331. The molecule has 0 nitrogen and oxygen atoms in total. The van der Waals surface area contributed by atoms with Crippen molar-refractivity contribution in [1.29, 1.82) is 0 Å². The quantitative estimate of drug-likeness (QED) is 0.136. The highest BCUT2D eigenvalue weighted by Gasteiger charge is 2.36. The van der Waals surface area contributed by atoms with Crippen molar-refractivity contribution in [2.24, 2.45) is 0 Å². The molecule has 0 spiro atoms. The minimum atomic E-state index is -0.0331. The molecule has 0 N–H and O–H groups in total. The topological polar surface area (TPSA) is 0 Å². The van der Waals surface area contributed by atoms with Crippen molar-refractivity contribution in [2.75, 3.05) is 0 Å². The van der Waals surface area contributed by atoms with Crippen LogP contribution in [0.25, 0.3) is 87.6 Å². The lowest BCUT2D eigenvalue weighted by molar-refractivity contribution is 0.666. The molecule has 230 valence electrons. The van der Waals surface area contributed by atoms with Crippen molar-refractivity contribution >= 4 is 43.1 Å². The summed E-state index contributed by atoms with van der Waals surface area (Å²) in [5, 5.41) is 10.3. The molecule has 49 heavy (non-hydrogen) atoms. The van der Waals surface area contributed by atoms with Crippen molar-refractivity contribution < 1.29 is 0 Å². The van der Waals surface area contributed by atoms with Gasteiger partial charge in [0.2, 0.25) is 0 Å². The van der Waals surface area contributed by atoms with Crippen LogP contribution in [0.4, 0.5) is 0 Å². The van der Waals surface area contributed by atoms with Crippen LogP contribution in [0.2, 0.25) is 0 Å². The summed E-state index contributed by atoms with van der Waals surface area (Å²) in [6, 6.07) is 63.1. The molecule has 0 heterocycles. The Bertz CT molecular complexity index is 2800. The van der Waals surface area contributed by atoms with Gasteiger partial charge in [-0.1, -0.05) is 166 Å². The van der Waals surface area contributed by atoms with Gasteiger partial charge in [0.25, 0.3) is 0 Å². The summed E-state index contributed by atoms with van der Waals surface area (Å²) in [6.45, 7) is 4.74. The lowest BCUT2D eigenvalue weighted by Gasteiger charge is -2.23. The Morgan fingerprint density at radius 1 is 0.327 bits per heavy atom. The predicted molar refractivity (Wildman–Crippen MR) is 210 cm³/mol. The molecule has 0 aliphatic heterocycles. The van der Waals surface area contributed by atoms with E-state index in [1.807, 2.05) is 0 Å². The first-order valence-electron chi connectivity index (χ1n) is 17.3. The standard InChI is InChI=1S/C49H34/c1-49(2)46-21-10-9-19-41(46)44-27-24-36-29-33(23-25-40(36)48(44)49)32-14-11-15-34(28-32)38-17-7-8-20-42(38)47-39-18-6-4-13-35(39)30-45-37-16-5-3-12-31(37)22-26-43(45)47/h3-30H,1-2H3. The van der Waals surface area contributed by atoms with Gasteiger partial charge in [-0.15, -0.1) is 0 Å². The molecule has 0 saturated heterocycles. The molecule has 9 aromatic carbocycles. The van der Waals surface area contributed by atoms with Crippen LogP contribution in [0.3, 0.4) is 0 Å². The molecule has 0 bridgehead atoms. The third-order valence-electron chi connectivity index (χ3n) is 11.0. The minimum Gasteiger partial charge on any atom is -0.0619 e. The Labute approximate surface area is 286 Å². The van der Waals surface area contributed by atoms with Crippen molar-refractivity contribution in [2.45, 2.75) is 19.3 Å². The highest BCUT2D eigenvalue weighted by atomic mass is 14.4. The van der Waals surface area contributed by atoms with Crippen LogP contribution in [0.15, 0.2) is 170 Å². The van der Waals surface area contributed by atoms with Gasteiger partial charge in [-0.05, 0) is 117 Å². The van der Waals surface area contributed by atoms with E-state index in [-0.39, 0.29) is 5.41 Å². The molecule has 1 aliphatic rings. The van der Waals surface area contributed by atoms with E-state index in [0.29, 0.717) is 0 Å². The van der Waals surface area contributed by atoms with Crippen LogP contribution in [-0.2, 0) is 5.41 Å². The Balaban J connectivity index is 1.13. The third-order valence-corrected chi connectivity index (χ3v) is 11.0. The summed E-state index contributed by atoms with van der Waals surface area (Å²) in [5.74, 6) is 0. The summed E-state index contributed by atoms with van der Waals surface area (Å²) < 4.78 is 0. The Morgan fingerprint density at radius 3 is 1.84 bits per heavy atom. The number of hydrogen-bond donors (Lipinski definition) is 0. The molecule has 0 fully saturated rings. The number of benzene rings is 9. The largest absolute Gasteiger partial charge is 0.0619 e. The predicted octanol–water partition coefficient (Wildman–Crippen LogP) is 13.6. The van der Waals surface area contributed by atoms with Gasteiger partial charge in [0.1, 0.15) is 0 Å². The van der Waals surface area contributed by atoms with Crippen molar-refractivity contribution in [3.05, 3.63) is 181 Å². The zero-order chi connectivity index (χ0) is 32.7. The van der Waals surface area contributed by atoms with E-state index in [1.165, 1.54) is 98.7 Å². The molecule has 0 amide bonds. The van der Waals surface area contributed by atoms with E-state index in [1.54, 1.807) is 0 Å². The molecule has 0 saturated carbocycles. The van der Waals surface area contributed by atoms with Gasteiger partial charge in [0.05, 0.1) is 0 Å². The molecule has 1 aliphatic carbocycles. The smallest absolute Gasteiger partial charge is 0.0165 e. The van der Waals surface area contributed by atoms with Gasteiger partial charge in [0, 0.05) is 5.41 Å². The van der Waals surface area contributed by atoms with Gasteiger partial charge in [0.15, 0.2) is 0 Å². The highest BCUT2D eigenvalue weighted by Crippen LogP contribution is 2.51. The van der Waals surface area contributed by atoms with Gasteiger partial charge < -0.3 is 0 Å². The van der Waals surface area contributed by atoms with Gasteiger partial charge in [-0.3, -0.25) is 0 Å². The molecule has 0 unspecified atom stereocenters. The highest BCUT2D eigenvalue weighted by molar-refractivity contribution is 6.21. The zero-order valence-corrected chi connectivity index (χ0v) is 27.7. The second-order valence-corrected chi connectivity index (χ2v) is 14.1. The van der Waals surface area contributed by atoms with Gasteiger partial charge >= 0.3 is 0 Å². The number of rotatable bonds is 3. The molecule has 9 aromatic rings. The fourth-order valence-corrected chi connectivity index (χ4v) is 8.73. The van der Waals surface area contributed by atoms with Crippen LogP contribution < -0.4 is 0 Å². The second-order valence-electron chi connectivity index (χ2n) is 14.1. The number of hydrogen-bond acceptors (Lipinski definition) is 0. The van der Waals surface area contributed by atoms with E-state index in [4.69, 9.17) is 0 Å². The molecule has 0 heteroatoms. The van der Waals surface area contributed by atoms with Crippen LogP contribution in [0, 0.1) is 0 Å². The number of fused-ring (bicyclic) bond motifs is 9. The van der Waals surface area contributed by atoms with Crippen molar-refractivity contribution in [3.8, 4) is 44.5 Å². The van der Waals surface area contributed by atoms with Crippen LogP contribution in [0.1, 0.15) is 25.0 Å². The molecule has 0 aromatic heterocycles. The van der Waals surface area contributed by atoms with E-state index in [9.17, 15) is 0 Å². The van der Waals surface area contributed by atoms with Gasteiger partial charge in [-0.2, -0.15) is 0 Å². The maximum absolute atomic E-state index is 2.38. The molecule has 0 atom stereocenters. The van der Waals surface area contributed by atoms with Crippen LogP contribution in [0.5, 0.6) is 0 Å². The maximum atomic E-state index is 2.38. The van der Waals surface area contributed by atoms with E-state index < -0.39 is 0 Å². The Kier molecular flexibility index (Phi) is 6.02. The first-order valence-corrected chi connectivity index (χ1v) is 17.3. The monoisotopic (exact) mass is 622 g/mol.